The maximum Gasteiger partial charge on any atom is 0.221 e. The fraction of sp³-hybridized carbons (Fsp3) is 0.714. The largest absolute Gasteiger partial charge is 0.358 e. The third kappa shape index (κ3) is 6.83. The van der Waals surface area contributed by atoms with Crippen LogP contribution in [-0.2, 0) is 9.59 Å². The van der Waals surface area contributed by atoms with Gasteiger partial charge in [0.25, 0.3) is 0 Å². The van der Waals surface area contributed by atoms with Crippen molar-refractivity contribution in [3.05, 3.63) is 0 Å². The van der Waals surface area contributed by atoms with Crippen molar-refractivity contribution in [3.63, 3.8) is 0 Å². The Bertz CT molecular complexity index is 126. The average molecular weight is 158 g/mol. The van der Waals surface area contributed by atoms with Gasteiger partial charge < -0.3 is 10.6 Å². The Kier molecular flexibility index (Phi) is 6.37. The molecule has 0 unspecified atom stereocenters. The molecule has 2 N–H and O–H groups in total. The molecule has 0 bridgehead atoms. The SMILES string of the molecule is CCCNC(=O)CCNC=O. The Labute approximate surface area is 66.4 Å². The minimum absolute atomic E-state index is 0.0128. The van der Waals surface area contributed by atoms with Gasteiger partial charge in [-0.15, -0.1) is 0 Å². The average Bonchev–Trinajstić information content (AvgIpc) is 2.01. The third-order valence-corrected chi connectivity index (χ3v) is 1.15. The van der Waals surface area contributed by atoms with Crippen molar-refractivity contribution in [3.8, 4) is 0 Å². The Morgan fingerprint density at radius 1 is 1.45 bits per heavy atom. The summed E-state index contributed by atoms with van der Waals surface area (Å²) in [6.45, 7) is 3.11. The monoisotopic (exact) mass is 158 g/mol. The normalized spacial score (nSPS) is 8.82. The molecule has 0 atom stereocenters. The number of rotatable bonds is 6. The van der Waals surface area contributed by atoms with E-state index in [1.54, 1.807) is 0 Å². The number of carbonyl (C=O) groups is 2. The zero-order valence-corrected chi connectivity index (χ0v) is 6.72. The first-order valence-electron chi connectivity index (χ1n) is 3.75. The van der Waals surface area contributed by atoms with Crippen molar-refractivity contribution < 1.29 is 9.59 Å². The summed E-state index contributed by atoms with van der Waals surface area (Å²) in [5.74, 6) is -0.0128. The molecular formula is C7H14N2O2. The van der Waals surface area contributed by atoms with E-state index in [1.165, 1.54) is 0 Å². The highest BCUT2D eigenvalue weighted by Gasteiger charge is 1.96. The molecule has 0 radical (unpaired) electrons. The van der Waals surface area contributed by atoms with Gasteiger partial charge in [0.05, 0.1) is 0 Å². The highest BCUT2D eigenvalue weighted by molar-refractivity contribution is 5.76. The maximum atomic E-state index is 10.8. The first-order chi connectivity index (χ1) is 5.31. The molecule has 0 spiro atoms. The molecule has 2 amide bonds. The Balaban J connectivity index is 3.15. The number of amides is 2. The first kappa shape index (κ1) is 9.94. The van der Waals surface area contributed by atoms with Gasteiger partial charge in [-0.05, 0) is 6.42 Å². The highest BCUT2D eigenvalue weighted by Crippen LogP contribution is 1.77. The zero-order valence-electron chi connectivity index (χ0n) is 6.72. The van der Waals surface area contributed by atoms with Crippen LogP contribution < -0.4 is 10.6 Å². The predicted molar refractivity (Wildman–Crippen MR) is 42.0 cm³/mol. The van der Waals surface area contributed by atoms with E-state index in [4.69, 9.17) is 0 Å². The summed E-state index contributed by atoms with van der Waals surface area (Å²) < 4.78 is 0. The molecular weight excluding hydrogens is 144 g/mol. The lowest BCUT2D eigenvalue weighted by atomic mass is 10.4. The highest BCUT2D eigenvalue weighted by atomic mass is 16.1. The molecule has 0 heterocycles. The molecule has 0 saturated heterocycles. The van der Waals surface area contributed by atoms with Gasteiger partial charge in [0, 0.05) is 19.5 Å². The van der Waals surface area contributed by atoms with Crippen LogP contribution in [0.3, 0.4) is 0 Å². The lowest BCUT2D eigenvalue weighted by molar-refractivity contribution is -0.121. The minimum atomic E-state index is -0.0128. The fourth-order valence-electron chi connectivity index (χ4n) is 0.597. The van der Waals surface area contributed by atoms with Gasteiger partial charge in [-0.3, -0.25) is 9.59 Å². The molecule has 4 heteroatoms. The van der Waals surface area contributed by atoms with Crippen molar-refractivity contribution in [1.82, 2.24) is 10.6 Å². The van der Waals surface area contributed by atoms with Crippen LogP contribution in [-0.4, -0.2) is 25.4 Å². The van der Waals surface area contributed by atoms with Gasteiger partial charge in [0.2, 0.25) is 12.3 Å². The maximum absolute atomic E-state index is 10.8. The molecule has 0 aromatic heterocycles. The minimum Gasteiger partial charge on any atom is -0.358 e. The van der Waals surface area contributed by atoms with E-state index < -0.39 is 0 Å². The quantitative estimate of drug-likeness (QED) is 0.410. The first-order valence-corrected chi connectivity index (χ1v) is 3.75. The summed E-state index contributed by atoms with van der Waals surface area (Å²) >= 11 is 0. The van der Waals surface area contributed by atoms with Crippen LogP contribution in [0.15, 0.2) is 0 Å². The van der Waals surface area contributed by atoms with Gasteiger partial charge in [-0.1, -0.05) is 6.92 Å². The number of hydrogen-bond donors (Lipinski definition) is 2. The summed E-state index contributed by atoms with van der Waals surface area (Å²) in [6.07, 6.45) is 1.89. The number of hydrogen-bond acceptors (Lipinski definition) is 2. The van der Waals surface area contributed by atoms with E-state index in [0.717, 1.165) is 6.42 Å². The zero-order chi connectivity index (χ0) is 8.53. The molecule has 0 saturated carbocycles. The third-order valence-electron chi connectivity index (χ3n) is 1.15. The van der Waals surface area contributed by atoms with Crippen molar-refractivity contribution in [1.29, 1.82) is 0 Å². The molecule has 4 nitrogen and oxygen atoms in total. The molecule has 64 valence electrons. The second-order valence-corrected chi connectivity index (χ2v) is 2.17. The van der Waals surface area contributed by atoms with Crippen LogP contribution in [0.2, 0.25) is 0 Å². The predicted octanol–water partition coefficient (Wildman–Crippen LogP) is -0.351. The molecule has 0 rings (SSSR count). The van der Waals surface area contributed by atoms with Gasteiger partial charge in [0.1, 0.15) is 0 Å². The summed E-state index contributed by atoms with van der Waals surface area (Å²) in [5.41, 5.74) is 0. The van der Waals surface area contributed by atoms with E-state index in [0.29, 0.717) is 25.9 Å². The summed E-state index contributed by atoms with van der Waals surface area (Å²) in [5, 5.41) is 5.11. The van der Waals surface area contributed by atoms with Crippen LogP contribution in [0.5, 0.6) is 0 Å². The second-order valence-electron chi connectivity index (χ2n) is 2.17. The van der Waals surface area contributed by atoms with Gasteiger partial charge in [-0.25, -0.2) is 0 Å². The van der Waals surface area contributed by atoms with E-state index >= 15 is 0 Å². The molecule has 0 aliphatic rings. The number of carbonyl (C=O) groups excluding carboxylic acids is 2. The molecule has 0 aromatic carbocycles. The lowest BCUT2D eigenvalue weighted by Gasteiger charge is -2.01. The standard InChI is InChI=1S/C7H14N2O2/c1-2-4-9-7(11)3-5-8-6-10/h6H,2-5H2,1H3,(H,8,10)(H,9,11). The van der Waals surface area contributed by atoms with Crippen LogP contribution in [0.25, 0.3) is 0 Å². The lowest BCUT2D eigenvalue weighted by Crippen LogP contribution is -2.27. The van der Waals surface area contributed by atoms with Gasteiger partial charge in [0.15, 0.2) is 0 Å². The van der Waals surface area contributed by atoms with E-state index in [9.17, 15) is 9.59 Å². The second kappa shape index (κ2) is 7.05. The van der Waals surface area contributed by atoms with Crippen LogP contribution in [0.4, 0.5) is 0 Å². The number of nitrogens with one attached hydrogen (secondary N) is 2. The smallest absolute Gasteiger partial charge is 0.221 e. The van der Waals surface area contributed by atoms with Crippen molar-refractivity contribution >= 4 is 12.3 Å². The fourth-order valence-corrected chi connectivity index (χ4v) is 0.597. The Morgan fingerprint density at radius 3 is 2.73 bits per heavy atom. The molecule has 0 aliphatic carbocycles. The Morgan fingerprint density at radius 2 is 2.18 bits per heavy atom. The van der Waals surface area contributed by atoms with Gasteiger partial charge >= 0.3 is 0 Å². The van der Waals surface area contributed by atoms with Crippen LogP contribution in [0.1, 0.15) is 19.8 Å². The molecule has 0 aromatic rings. The van der Waals surface area contributed by atoms with Crippen molar-refractivity contribution in [2.45, 2.75) is 19.8 Å². The van der Waals surface area contributed by atoms with Gasteiger partial charge in [-0.2, -0.15) is 0 Å². The van der Waals surface area contributed by atoms with Crippen molar-refractivity contribution in [2.75, 3.05) is 13.1 Å². The Hall–Kier alpha value is -1.06. The topological polar surface area (TPSA) is 58.2 Å². The summed E-state index contributed by atoms with van der Waals surface area (Å²) in [6, 6.07) is 0. The van der Waals surface area contributed by atoms with E-state index in [-0.39, 0.29) is 5.91 Å². The molecule has 0 fully saturated rings. The molecule has 11 heavy (non-hydrogen) atoms. The van der Waals surface area contributed by atoms with Crippen LogP contribution in [0, 0.1) is 0 Å². The molecule has 0 aliphatic heterocycles. The summed E-state index contributed by atoms with van der Waals surface area (Å²) in [4.78, 5) is 20.6. The van der Waals surface area contributed by atoms with E-state index in [2.05, 4.69) is 10.6 Å². The van der Waals surface area contributed by atoms with Crippen LogP contribution >= 0.6 is 0 Å². The summed E-state index contributed by atoms with van der Waals surface area (Å²) in [7, 11) is 0. The van der Waals surface area contributed by atoms with E-state index in [1.807, 2.05) is 6.92 Å². The van der Waals surface area contributed by atoms with Crippen molar-refractivity contribution in [2.24, 2.45) is 0 Å².